The summed E-state index contributed by atoms with van der Waals surface area (Å²) < 4.78 is 26.1. The van der Waals surface area contributed by atoms with Crippen LogP contribution in [0.5, 0.6) is 0 Å². The van der Waals surface area contributed by atoms with Gasteiger partial charge < -0.3 is 5.73 Å². The van der Waals surface area contributed by atoms with Crippen LogP contribution < -0.4 is 10.5 Å². The fourth-order valence-electron chi connectivity index (χ4n) is 1.35. The van der Waals surface area contributed by atoms with Crippen molar-refractivity contribution in [2.75, 3.05) is 0 Å². The van der Waals surface area contributed by atoms with E-state index in [0.717, 1.165) is 12.0 Å². The van der Waals surface area contributed by atoms with Gasteiger partial charge in [0.2, 0.25) is 10.0 Å². The third kappa shape index (κ3) is 4.04. The molecule has 0 aliphatic rings. The van der Waals surface area contributed by atoms with E-state index >= 15 is 0 Å². The summed E-state index contributed by atoms with van der Waals surface area (Å²) in [4.78, 5) is -0.0242. The standard InChI is InChI=1S/C12H18N2O2S2/c1-3-10-4-6-11(7-5-10)8-14-18(15,16)9(2)12(13)17/h4-7,9,14H,3,8H2,1-2H3,(H2,13,17). The van der Waals surface area contributed by atoms with Crippen molar-refractivity contribution in [2.45, 2.75) is 32.1 Å². The molecule has 0 saturated heterocycles. The lowest BCUT2D eigenvalue weighted by atomic mass is 10.1. The minimum absolute atomic E-state index is 0.0242. The lowest BCUT2D eigenvalue weighted by Gasteiger charge is -2.12. The first-order valence-corrected chi connectivity index (χ1v) is 7.68. The molecule has 0 aromatic heterocycles. The van der Waals surface area contributed by atoms with Gasteiger partial charge in [-0.15, -0.1) is 0 Å². The van der Waals surface area contributed by atoms with Crippen molar-refractivity contribution < 1.29 is 8.42 Å². The fourth-order valence-corrected chi connectivity index (χ4v) is 2.66. The molecule has 3 N–H and O–H groups in total. The normalized spacial score (nSPS) is 13.2. The average Bonchev–Trinajstić information content (AvgIpc) is 2.36. The Kier molecular flexibility index (Phi) is 5.25. The Labute approximate surface area is 114 Å². The molecule has 0 radical (unpaired) electrons. The number of hydrogen-bond acceptors (Lipinski definition) is 3. The maximum atomic E-state index is 11.8. The fraction of sp³-hybridized carbons (Fsp3) is 0.417. The van der Waals surface area contributed by atoms with E-state index in [-0.39, 0.29) is 11.5 Å². The summed E-state index contributed by atoms with van der Waals surface area (Å²) in [7, 11) is -3.49. The molecule has 1 aromatic carbocycles. The molecule has 0 bridgehead atoms. The molecule has 0 spiro atoms. The molecule has 6 heteroatoms. The minimum atomic E-state index is -3.49. The number of nitrogens with two attached hydrogens (primary N) is 1. The molecule has 1 atom stereocenters. The van der Waals surface area contributed by atoms with Crippen molar-refractivity contribution in [3.8, 4) is 0 Å². The second-order valence-electron chi connectivity index (χ2n) is 4.08. The maximum absolute atomic E-state index is 11.8. The van der Waals surface area contributed by atoms with Gasteiger partial charge in [-0.25, -0.2) is 13.1 Å². The van der Waals surface area contributed by atoms with Gasteiger partial charge in [-0.1, -0.05) is 43.4 Å². The molecule has 100 valence electrons. The topological polar surface area (TPSA) is 72.2 Å². The van der Waals surface area contributed by atoms with Crippen molar-refractivity contribution in [1.29, 1.82) is 0 Å². The quantitative estimate of drug-likeness (QED) is 0.774. The van der Waals surface area contributed by atoms with Gasteiger partial charge in [0.05, 0.1) is 4.99 Å². The predicted octanol–water partition coefficient (Wildman–Crippen LogP) is 1.34. The van der Waals surface area contributed by atoms with E-state index in [4.69, 9.17) is 5.73 Å². The van der Waals surface area contributed by atoms with Crippen LogP contribution in [0, 0.1) is 0 Å². The van der Waals surface area contributed by atoms with Gasteiger partial charge >= 0.3 is 0 Å². The smallest absolute Gasteiger partial charge is 0.221 e. The minimum Gasteiger partial charge on any atom is -0.392 e. The largest absolute Gasteiger partial charge is 0.392 e. The molecule has 1 rings (SSSR count). The van der Waals surface area contributed by atoms with E-state index in [1.165, 1.54) is 12.5 Å². The number of hydrogen-bond donors (Lipinski definition) is 2. The zero-order valence-corrected chi connectivity index (χ0v) is 12.1. The second kappa shape index (κ2) is 6.26. The lowest BCUT2D eigenvalue weighted by molar-refractivity contribution is 0.578. The molecule has 0 heterocycles. The summed E-state index contributed by atoms with van der Waals surface area (Å²) in [6.07, 6.45) is 0.963. The van der Waals surface area contributed by atoms with Crippen LogP contribution in [-0.4, -0.2) is 18.7 Å². The van der Waals surface area contributed by atoms with Crippen LogP contribution >= 0.6 is 12.2 Å². The number of sulfonamides is 1. The number of aryl methyl sites for hydroxylation is 1. The Morgan fingerprint density at radius 1 is 1.33 bits per heavy atom. The van der Waals surface area contributed by atoms with Crippen LogP contribution in [0.2, 0.25) is 0 Å². The molecule has 18 heavy (non-hydrogen) atoms. The zero-order valence-electron chi connectivity index (χ0n) is 10.5. The van der Waals surface area contributed by atoms with Crippen molar-refractivity contribution >= 4 is 27.2 Å². The van der Waals surface area contributed by atoms with Gasteiger partial charge in [0.15, 0.2) is 0 Å². The van der Waals surface area contributed by atoms with Crippen molar-refractivity contribution in [3.63, 3.8) is 0 Å². The van der Waals surface area contributed by atoms with Gasteiger partial charge in [0, 0.05) is 6.54 Å². The van der Waals surface area contributed by atoms with Gasteiger partial charge in [0.1, 0.15) is 5.25 Å². The molecule has 1 aromatic rings. The lowest BCUT2D eigenvalue weighted by Crippen LogP contribution is -2.39. The Hall–Kier alpha value is -0.980. The summed E-state index contributed by atoms with van der Waals surface area (Å²) in [6.45, 7) is 3.80. The summed E-state index contributed by atoms with van der Waals surface area (Å²) in [5, 5.41) is -0.859. The first-order valence-electron chi connectivity index (χ1n) is 5.72. The van der Waals surface area contributed by atoms with Crippen LogP contribution in [0.15, 0.2) is 24.3 Å². The van der Waals surface area contributed by atoms with Gasteiger partial charge in [-0.3, -0.25) is 0 Å². The van der Waals surface area contributed by atoms with Gasteiger partial charge in [-0.2, -0.15) is 0 Å². The molecule has 1 unspecified atom stereocenters. The van der Waals surface area contributed by atoms with E-state index in [1.54, 1.807) is 0 Å². The molecule has 0 aliphatic carbocycles. The summed E-state index contributed by atoms with van der Waals surface area (Å²) >= 11 is 4.69. The average molecular weight is 286 g/mol. The molecular weight excluding hydrogens is 268 g/mol. The zero-order chi connectivity index (χ0) is 13.8. The van der Waals surface area contributed by atoms with E-state index < -0.39 is 15.3 Å². The SMILES string of the molecule is CCc1ccc(CNS(=O)(=O)C(C)C(N)=S)cc1. The highest BCUT2D eigenvalue weighted by molar-refractivity contribution is 7.93. The van der Waals surface area contributed by atoms with Crippen molar-refractivity contribution in [2.24, 2.45) is 5.73 Å². The number of thiocarbonyl (C=S) groups is 1. The molecule has 0 aliphatic heterocycles. The molecule has 0 fully saturated rings. The first-order chi connectivity index (χ1) is 8.36. The highest BCUT2D eigenvalue weighted by Crippen LogP contribution is 2.06. The Balaban J connectivity index is 2.67. The Morgan fingerprint density at radius 2 is 1.83 bits per heavy atom. The van der Waals surface area contributed by atoms with Crippen molar-refractivity contribution in [3.05, 3.63) is 35.4 Å². The third-order valence-electron chi connectivity index (χ3n) is 2.77. The van der Waals surface area contributed by atoms with E-state index in [9.17, 15) is 8.42 Å². The van der Waals surface area contributed by atoms with Crippen LogP contribution in [0.25, 0.3) is 0 Å². The molecular formula is C12H18N2O2S2. The first kappa shape index (κ1) is 15.1. The highest BCUT2D eigenvalue weighted by Gasteiger charge is 2.22. The number of nitrogens with one attached hydrogen (secondary N) is 1. The third-order valence-corrected chi connectivity index (χ3v) is 5.01. The summed E-state index contributed by atoms with van der Waals surface area (Å²) in [5.74, 6) is 0. The molecule has 0 amide bonds. The molecule has 4 nitrogen and oxygen atoms in total. The van der Waals surface area contributed by atoms with Crippen LogP contribution in [0.1, 0.15) is 25.0 Å². The Morgan fingerprint density at radius 3 is 2.28 bits per heavy atom. The van der Waals surface area contributed by atoms with E-state index in [0.29, 0.717) is 0 Å². The van der Waals surface area contributed by atoms with Gasteiger partial charge in [-0.05, 0) is 24.5 Å². The monoisotopic (exact) mass is 286 g/mol. The van der Waals surface area contributed by atoms with E-state index in [1.807, 2.05) is 24.3 Å². The van der Waals surface area contributed by atoms with E-state index in [2.05, 4.69) is 23.9 Å². The maximum Gasteiger partial charge on any atom is 0.221 e. The van der Waals surface area contributed by atoms with Crippen LogP contribution in [0.3, 0.4) is 0 Å². The van der Waals surface area contributed by atoms with Crippen LogP contribution in [0.4, 0.5) is 0 Å². The Bertz CT molecular complexity index is 509. The highest BCUT2D eigenvalue weighted by atomic mass is 32.2. The predicted molar refractivity (Wildman–Crippen MR) is 77.8 cm³/mol. The summed E-state index contributed by atoms with van der Waals surface area (Å²) in [6, 6.07) is 7.79. The summed E-state index contributed by atoms with van der Waals surface area (Å²) in [5.41, 5.74) is 7.47. The number of benzene rings is 1. The second-order valence-corrected chi connectivity index (χ2v) is 6.64. The number of rotatable bonds is 6. The van der Waals surface area contributed by atoms with Crippen LogP contribution in [-0.2, 0) is 23.0 Å². The molecule has 0 saturated carbocycles. The van der Waals surface area contributed by atoms with Gasteiger partial charge in [0.25, 0.3) is 0 Å². The van der Waals surface area contributed by atoms with Crippen molar-refractivity contribution in [1.82, 2.24) is 4.72 Å².